The van der Waals surface area contributed by atoms with Gasteiger partial charge in [-0.15, -0.1) is 0 Å². The maximum Gasteiger partial charge on any atom is 0.405 e. The molecule has 1 rings (SSSR count). The molecule has 0 aromatic heterocycles. The van der Waals surface area contributed by atoms with E-state index in [1.165, 1.54) is 19.1 Å². The highest BCUT2D eigenvalue weighted by Crippen LogP contribution is 2.17. The lowest BCUT2D eigenvalue weighted by Crippen LogP contribution is -2.42. The zero-order chi connectivity index (χ0) is 15.3. The summed E-state index contributed by atoms with van der Waals surface area (Å²) in [6.07, 6.45) is -4.50. The van der Waals surface area contributed by atoms with Crippen LogP contribution in [-0.2, 0) is 4.79 Å². The molecule has 0 aliphatic heterocycles. The van der Waals surface area contributed by atoms with Crippen LogP contribution in [0.2, 0.25) is 0 Å². The molecule has 2 N–H and O–H groups in total. The van der Waals surface area contributed by atoms with Gasteiger partial charge < -0.3 is 10.6 Å². The van der Waals surface area contributed by atoms with Crippen LogP contribution in [0.5, 0.6) is 0 Å². The molecule has 20 heavy (non-hydrogen) atoms. The first kappa shape index (κ1) is 15.8. The molecule has 0 radical (unpaired) electrons. The molecule has 0 fully saturated rings. The zero-order valence-electron chi connectivity index (χ0n) is 10.4. The molecular weight excluding hydrogens is 278 g/mol. The van der Waals surface area contributed by atoms with Crippen molar-refractivity contribution in [2.24, 2.45) is 0 Å². The Hall–Kier alpha value is -2.30. The number of hydrogen-bond acceptors (Lipinski definition) is 3. The SMILES string of the molecule is CC(Nc1ccc(C#N)cc1F)C(=O)NCC(F)(F)F. The maximum absolute atomic E-state index is 13.5. The summed E-state index contributed by atoms with van der Waals surface area (Å²) >= 11 is 0. The second kappa shape index (κ2) is 6.23. The molecule has 1 atom stereocenters. The van der Waals surface area contributed by atoms with Gasteiger partial charge in [-0.25, -0.2) is 4.39 Å². The first-order chi connectivity index (χ1) is 9.23. The van der Waals surface area contributed by atoms with Crippen molar-refractivity contribution in [3.05, 3.63) is 29.6 Å². The lowest BCUT2D eigenvalue weighted by molar-refractivity contribution is -0.138. The Balaban J connectivity index is 2.64. The summed E-state index contributed by atoms with van der Waals surface area (Å²) < 4.78 is 49.3. The Morgan fingerprint density at radius 1 is 1.45 bits per heavy atom. The number of halogens is 4. The molecule has 0 aliphatic carbocycles. The van der Waals surface area contributed by atoms with Crippen molar-refractivity contribution in [3.8, 4) is 6.07 Å². The molecule has 1 aromatic rings. The Morgan fingerprint density at radius 3 is 2.60 bits per heavy atom. The highest BCUT2D eigenvalue weighted by Gasteiger charge is 2.28. The third-order valence-corrected chi connectivity index (χ3v) is 2.33. The molecule has 0 bridgehead atoms. The first-order valence-corrected chi connectivity index (χ1v) is 5.53. The van der Waals surface area contributed by atoms with Crippen LogP contribution in [0.1, 0.15) is 12.5 Å². The van der Waals surface area contributed by atoms with E-state index in [4.69, 9.17) is 5.26 Å². The average Bonchev–Trinajstić information content (AvgIpc) is 2.37. The third-order valence-electron chi connectivity index (χ3n) is 2.33. The Kier molecular flexibility index (Phi) is 4.91. The number of nitrogens with one attached hydrogen (secondary N) is 2. The number of carbonyl (C=O) groups is 1. The van der Waals surface area contributed by atoms with Gasteiger partial charge in [0.1, 0.15) is 18.4 Å². The standard InChI is InChI=1S/C12H11F4N3O/c1-7(11(20)18-6-12(14,15)16)19-10-3-2-8(5-17)4-9(10)13/h2-4,7,19H,6H2,1H3,(H,18,20). The number of benzene rings is 1. The van der Waals surface area contributed by atoms with E-state index < -0.39 is 30.5 Å². The van der Waals surface area contributed by atoms with Gasteiger partial charge >= 0.3 is 6.18 Å². The van der Waals surface area contributed by atoms with Crippen molar-refractivity contribution in [3.63, 3.8) is 0 Å². The number of amides is 1. The Morgan fingerprint density at radius 2 is 2.10 bits per heavy atom. The lowest BCUT2D eigenvalue weighted by atomic mass is 10.2. The molecule has 1 unspecified atom stereocenters. The summed E-state index contributed by atoms with van der Waals surface area (Å²) in [6.45, 7) is -0.156. The van der Waals surface area contributed by atoms with E-state index in [1.54, 1.807) is 11.4 Å². The van der Waals surface area contributed by atoms with Crippen molar-refractivity contribution in [2.45, 2.75) is 19.1 Å². The molecule has 0 spiro atoms. The van der Waals surface area contributed by atoms with Crippen LogP contribution in [0.25, 0.3) is 0 Å². The summed E-state index contributed by atoms with van der Waals surface area (Å²) in [4.78, 5) is 11.4. The van der Waals surface area contributed by atoms with Gasteiger partial charge in [0.05, 0.1) is 17.3 Å². The van der Waals surface area contributed by atoms with Crippen LogP contribution in [0, 0.1) is 17.1 Å². The fourth-order valence-corrected chi connectivity index (χ4v) is 1.34. The first-order valence-electron chi connectivity index (χ1n) is 5.53. The summed E-state index contributed by atoms with van der Waals surface area (Å²) in [6, 6.07) is 4.20. The summed E-state index contributed by atoms with van der Waals surface area (Å²) in [5.74, 6) is -1.68. The van der Waals surface area contributed by atoms with E-state index in [1.807, 2.05) is 0 Å². The second-order valence-electron chi connectivity index (χ2n) is 4.01. The van der Waals surface area contributed by atoms with E-state index in [9.17, 15) is 22.4 Å². The normalized spacial score (nSPS) is 12.4. The predicted molar refractivity (Wildman–Crippen MR) is 63.3 cm³/mol. The van der Waals surface area contributed by atoms with Crippen LogP contribution in [-0.4, -0.2) is 24.7 Å². The van der Waals surface area contributed by atoms with Crippen molar-refractivity contribution >= 4 is 11.6 Å². The molecule has 0 saturated carbocycles. The molecule has 0 saturated heterocycles. The van der Waals surface area contributed by atoms with Gasteiger partial charge in [-0.1, -0.05) is 0 Å². The fraction of sp³-hybridized carbons (Fsp3) is 0.333. The van der Waals surface area contributed by atoms with Crippen LogP contribution < -0.4 is 10.6 Å². The van der Waals surface area contributed by atoms with Gasteiger partial charge in [0.25, 0.3) is 0 Å². The molecule has 1 aromatic carbocycles. The van der Waals surface area contributed by atoms with Crippen molar-refractivity contribution in [2.75, 3.05) is 11.9 Å². The fourth-order valence-electron chi connectivity index (χ4n) is 1.34. The second-order valence-corrected chi connectivity index (χ2v) is 4.01. The lowest BCUT2D eigenvalue weighted by Gasteiger charge is -2.16. The van der Waals surface area contributed by atoms with Crippen molar-refractivity contribution in [1.82, 2.24) is 5.32 Å². The largest absolute Gasteiger partial charge is 0.405 e. The Labute approximate surface area is 112 Å². The van der Waals surface area contributed by atoms with Crippen LogP contribution >= 0.6 is 0 Å². The zero-order valence-corrected chi connectivity index (χ0v) is 10.4. The van der Waals surface area contributed by atoms with Crippen LogP contribution in [0.3, 0.4) is 0 Å². The van der Waals surface area contributed by atoms with Gasteiger partial charge in [0, 0.05) is 0 Å². The van der Waals surface area contributed by atoms with Gasteiger partial charge in [0.15, 0.2) is 0 Å². The summed E-state index contributed by atoms with van der Waals surface area (Å²) in [5.41, 5.74) is 0.0286. The van der Waals surface area contributed by atoms with Gasteiger partial charge in [-0.2, -0.15) is 18.4 Å². The highest BCUT2D eigenvalue weighted by atomic mass is 19.4. The third kappa shape index (κ3) is 4.76. The number of anilines is 1. The van der Waals surface area contributed by atoms with Crippen LogP contribution in [0.15, 0.2) is 18.2 Å². The minimum absolute atomic E-state index is 0.0707. The smallest absolute Gasteiger partial charge is 0.372 e. The average molecular weight is 289 g/mol. The summed E-state index contributed by atoms with van der Waals surface area (Å²) in [7, 11) is 0. The topological polar surface area (TPSA) is 64.9 Å². The number of hydrogen-bond donors (Lipinski definition) is 2. The van der Waals surface area contributed by atoms with Gasteiger partial charge in [-0.05, 0) is 25.1 Å². The molecular formula is C12H11F4N3O. The highest BCUT2D eigenvalue weighted by molar-refractivity contribution is 5.84. The predicted octanol–water partition coefficient (Wildman–Crippen LogP) is 2.18. The molecule has 0 heterocycles. The molecule has 0 aliphatic rings. The maximum atomic E-state index is 13.5. The number of nitrogens with zero attached hydrogens (tertiary/aromatic N) is 1. The van der Waals surface area contributed by atoms with E-state index in [2.05, 4.69) is 5.32 Å². The molecule has 4 nitrogen and oxygen atoms in total. The van der Waals surface area contributed by atoms with Crippen molar-refractivity contribution < 1.29 is 22.4 Å². The van der Waals surface area contributed by atoms with Gasteiger partial charge in [0.2, 0.25) is 5.91 Å². The number of nitriles is 1. The number of carbonyl (C=O) groups excluding carboxylic acids is 1. The van der Waals surface area contributed by atoms with E-state index >= 15 is 0 Å². The molecule has 1 amide bonds. The molecule has 8 heteroatoms. The minimum atomic E-state index is -4.50. The van der Waals surface area contributed by atoms with E-state index in [0.717, 1.165) is 6.07 Å². The minimum Gasteiger partial charge on any atom is -0.372 e. The van der Waals surface area contributed by atoms with Crippen LogP contribution in [0.4, 0.5) is 23.2 Å². The van der Waals surface area contributed by atoms with Crippen molar-refractivity contribution in [1.29, 1.82) is 5.26 Å². The molecule has 108 valence electrons. The Bertz CT molecular complexity index is 536. The summed E-state index contributed by atoms with van der Waals surface area (Å²) in [5, 5.41) is 12.7. The van der Waals surface area contributed by atoms with E-state index in [-0.39, 0.29) is 11.3 Å². The van der Waals surface area contributed by atoms with Gasteiger partial charge in [-0.3, -0.25) is 4.79 Å². The number of alkyl halides is 3. The number of rotatable bonds is 4. The quantitative estimate of drug-likeness (QED) is 0.835. The monoisotopic (exact) mass is 289 g/mol. The van der Waals surface area contributed by atoms with E-state index in [0.29, 0.717) is 0 Å².